The summed E-state index contributed by atoms with van der Waals surface area (Å²) in [5.41, 5.74) is 0.896. The van der Waals surface area contributed by atoms with E-state index in [9.17, 15) is 9.18 Å². The van der Waals surface area contributed by atoms with E-state index in [-0.39, 0.29) is 10.6 Å². The summed E-state index contributed by atoms with van der Waals surface area (Å²) in [4.78, 5) is 17.3. The van der Waals surface area contributed by atoms with Gasteiger partial charge in [-0.1, -0.05) is 18.5 Å². The van der Waals surface area contributed by atoms with Crippen molar-refractivity contribution < 1.29 is 9.18 Å². The lowest BCUT2D eigenvalue weighted by Crippen LogP contribution is -2.13. The van der Waals surface area contributed by atoms with E-state index in [1.165, 1.54) is 23.5 Å². The van der Waals surface area contributed by atoms with Crippen LogP contribution in [-0.2, 0) is 6.42 Å². The first-order valence-electron chi connectivity index (χ1n) is 5.74. The highest BCUT2D eigenvalue weighted by atomic mass is 35.5. The van der Waals surface area contributed by atoms with Crippen molar-refractivity contribution in [1.29, 1.82) is 0 Å². The summed E-state index contributed by atoms with van der Waals surface area (Å²) in [7, 11) is 0. The Bertz CT molecular complexity index is 627. The fourth-order valence-corrected chi connectivity index (χ4v) is 2.70. The average molecular weight is 299 g/mol. The fourth-order valence-electron chi connectivity index (χ4n) is 1.65. The predicted molar refractivity (Wildman–Crippen MR) is 75.6 cm³/mol. The van der Waals surface area contributed by atoms with E-state index in [0.29, 0.717) is 5.13 Å². The van der Waals surface area contributed by atoms with E-state index in [1.807, 2.05) is 13.8 Å². The van der Waals surface area contributed by atoms with Crippen molar-refractivity contribution in [3.05, 3.63) is 45.2 Å². The molecule has 2 aromatic rings. The van der Waals surface area contributed by atoms with Crippen LogP contribution in [0.2, 0.25) is 5.02 Å². The summed E-state index contributed by atoms with van der Waals surface area (Å²) in [6.45, 7) is 3.93. The standard InChI is InChI=1S/C13H12ClFN2OS/c1-3-11-7(2)19-13(16-11)17-12(18)9-5-4-8(14)6-10(9)15/h4-6H,3H2,1-2H3,(H,16,17,18). The SMILES string of the molecule is CCc1nc(NC(=O)c2ccc(Cl)cc2F)sc1C. The number of nitrogens with one attached hydrogen (secondary N) is 1. The summed E-state index contributed by atoms with van der Waals surface area (Å²) < 4.78 is 13.6. The first kappa shape index (κ1) is 14.0. The number of anilines is 1. The number of hydrogen-bond donors (Lipinski definition) is 1. The van der Waals surface area contributed by atoms with Crippen LogP contribution in [-0.4, -0.2) is 10.9 Å². The molecule has 0 saturated heterocycles. The van der Waals surface area contributed by atoms with Gasteiger partial charge in [-0.25, -0.2) is 9.37 Å². The molecule has 1 N–H and O–H groups in total. The Morgan fingerprint density at radius 3 is 2.84 bits per heavy atom. The number of carbonyl (C=O) groups is 1. The van der Waals surface area contributed by atoms with Crippen LogP contribution in [0.1, 0.15) is 27.9 Å². The van der Waals surface area contributed by atoms with Crippen molar-refractivity contribution in [2.75, 3.05) is 5.32 Å². The molecule has 2 rings (SSSR count). The van der Waals surface area contributed by atoms with Crippen LogP contribution in [0.3, 0.4) is 0 Å². The van der Waals surface area contributed by atoms with Crippen LogP contribution >= 0.6 is 22.9 Å². The number of thiazole rings is 1. The summed E-state index contributed by atoms with van der Waals surface area (Å²) >= 11 is 7.02. The first-order chi connectivity index (χ1) is 9.01. The molecule has 1 amide bonds. The van der Waals surface area contributed by atoms with Crippen LogP contribution in [0.5, 0.6) is 0 Å². The van der Waals surface area contributed by atoms with Crippen molar-refractivity contribution >= 4 is 34.0 Å². The summed E-state index contributed by atoms with van der Waals surface area (Å²) in [6.07, 6.45) is 0.799. The van der Waals surface area contributed by atoms with Gasteiger partial charge in [-0.15, -0.1) is 11.3 Å². The molecule has 0 saturated carbocycles. The lowest BCUT2D eigenvalue weighted by Gasteiger charge is -2.03. The quantitative estimate of drug-likeness (QED) is 0.928. The van der Waals surface area contributed by atoms with Crippen molar-refractivity contribution in [1.82, 2.24) is 4.98 Å². The Morgan fingerprint density at radius 1 is 1.53 bits per heavy atom. The van der Waals surface area contributed by atoms with Gasteiger partial charge < -0.3 is 0 Å². The second-order valence-corrected chi connectivity index (χ2v) is 5.59. The predicted octanol–water partition coefficient (Wildman–Crippen LogP) is 4.06. The monoisotopic (exact) mass is 298 g/mol. The van der Waals surface area contributed by atoms with Gasteiger partial charge in [-0.05, 0) is 31.5 Å². The van der Waals surface area contributed by atoms with Crippen molar-refractivity contribution in [3.63, 3.8) is 0 Å². The molecule has 1 aromatic carbocycles. The molecular formula is C13H12ClFN2OS. The molecular weight excluding hydrogens is 287 g/mol. The Hall–Kier alpha value is -1.46. The molecule has 0 unspecified atom stereocenters. The molecule has 0 aliphatic heterocycles. The largest absolute Gasteiger partial charge is 0.298 e. The maximum atomic E-state index is 13.6. The zero-order valence-corrected chi connectivity index (χ0v) is 12.0. The number of halogens is 2. The topological polar surface area (TPSA) is 42.0 Å². The van der Waals surface area contributed by atoms with Gasteiger partial charge >= 0.3 is 0 Å². The van der Waals surface area contributed by atoms with Gasteiger partial charge in [0, 0.05) is 9.90 Å². The van der Waals surface area contributed by atoms with E-state index >= 15 is 0 Å². The van der Waals surface area contributed by atoms with E-state index in [0.717, 1.165) is 23.1 Å². The molecule has 100 valence electrons. The minimum atomic E-state index is -0.644. The highest BCUT2D eigenvalue weighted by Crippen LogP contribution is 2.23. The van der Waals surface area contributed by atoms with E-state index in [4.69, 9.17) is 11.6 Å². The highest BCUT2D eigenvalue weighted by Gasteiger charge is 2.14. The Balaban J connectivity index is 2.20. The molecule has 0 aliphatic carbocycles. The Morgan fingerprint density at radius 2 is 2.26 bits per heavy atom. The number of benzene rings is 1. The van der Waals surface area contributed by atoms with E-state index in [1.54, 1.807) is 0 Å². The lowest BCUT2D eigenvalue weighted by molar-refractivity contribution is 0.102. The van der Waals surface area contributed by atoms with Crippen molar-refractivity contribution in [3.8, 4) is 0 Å². The van der Waals surface area contributed by atoms with Gasteiger partial charge in [0.25, 0.3) is 5.91 Å². The van der Waals surface area contributed by atoms with Gasteiger partial charge in [-0.3, -0.25) is 10.1 Å². The third-order valence-corrected chi connectivity index (χ3v) is 3.79. The molecule has 1 heterocycles. The van der Waals surface area contributed by atoms with Gasteiger partial charge in [-0.2, -0.15) is 0 Å². The van der Waals surface area contributed by atoms with Crippen LogP contribution in [0.4, 0.5) is 9.52 Å². The third kappa shape index (κ3) is 3.11. The summed E-state index contributed by atoms with van der Waals surface area (Å²) in [6, 6.07) is 3.94. The number of rotatable bonds is 3. The molecule has 0 fully saturated rings. The minimum absolute atomic E-state index is 0.0460. The van der Waals surface area contributed by atoms with Gasteiger partial charge in [0.2, 0.25) is 0 Å². The summed E-state index contributed by atoms with van der Waals surface area (Å²) in [5.74, 6) is -1.17. The lowest BCUT2D eigenvalue weighted by atomic mass is 10.2. The Labute approximate surface area is 119 Å². The number of amides is 1. The van der Waals surface area contributed by atoms with Gasteiger partial charge in [0.05, 0.1) is 11.3 Å². The fraction of sp³-hybridized carbons (Fsp3) is 0.231. The minimum Gasteiger partial charge on any atom is -0.298 e. The van der Waals surface area contributed by atoms with Gasteiger partial charge in [0.15, 0.2) is 5.13 Å². The third-order valence-electron chi connectivity index (χ3n) is 2.62. The first-order valence-corrected chi connectivity index (χ1v) is 6.93. The zero-order valence-electron chi connectivity index (χ0n) is 10.5. The molecule has 0 spiro atoms. The molecule has 1 aromatic heterocycles. The Kier molecular flexibility index (Phi) is 4.17. The van der Waals surface area contributed by atoms with Crippen molar-refractivity contribution in [2.45, 2.75) is 20.3 Å². The average Bonchev–Trinajstić information content (AvgIpc) is 2.69. The molecule has 0 radical (unpaired) electrons. The van der Waals surface area contributed by atoms with E-state index < -0.39 is 11.7 Å². The van der Waals surface area contributed by atoms with Crippen LogP contribution < -0.4 is 5.32 Å². The van der Waals surface area contributed by atoms with Crippen molar-refractivity contribution in [2.24, 2.45) is 0 Å². The van der Waals surface area contributed by atoms with Crippen LogP contribution in [0.25, 0.3) is 0 Å². The molecule has 3 nitrogen and oxygen atoms in total. The van der Waals surface area contributed by atoms with E-state index in [2.05, 4.69) is 10.3 Å². The second-order valence-electron chi connectivity index (χ2n) is 3.95. The highest BCUT2D eigenvalue weighted by molar-refractivity contribution is 7.15. The molecule has 0 aliphatic rings. The molecule has 19 heavy (non-hydrogen) atoms. The second kappa shape index (κ2) is 5.67. The molecule has 0 bridgehead atoms. The molecule has 0 atom stereocenters. The smallest absolute Gasteiger partial charge is 0.260 e. The normalized spacial score (nSPS) is 10.5. The summed E-state index contributed by atoms with van der Waals surface area (Å²) in [5, 5.41) is 3.34. The maximum absolute atomic E-state index is 13.6. The van der Waals surface area contributed by atoms with Gasteiger partial charge in [0.1, 0.15) is 5.82 Å². The number of carbonyl (C=O) groups excluding carboxylic acids is 1. The molecule has 6 heteroatoms. The van der Waals surface area contributed by atoms with Crippen LogP contribution in [0.15, 0.2) is 18.2 Å². The maximum Gasteiger partial charge on any atom is 0.260 e. The number of nitrogens with zero attached hydrogens (tertiary/aromatic N) is 1. The zero-order chi connectivity index (χ0) is 14.0. The van der Waals surface area contributed by atoms with Crippen LogP contribution in [0, 0.1) is 12.7 Å². The number of aryl methyl sites for hydroxylation is 2. The number of aromatic nitrogens is 1. The number of hydrogen-bond acceptors (Lipinski definition) is 3.